The lowest BCUT2D eigenvalue weighted by molar-refractivity contribution is -0.127. The number of aliphatic imine (C=N–C) groups is 1. The van der Waals surface area contributed by atoms with Crippen LogP contribution in [0.2, 0.25) is 0 Å². The molecule has 0 spiro atoms. The van der Waals surface area contributed by atoms with Gasteiger partial charge in [0.25, 0.3) is 0 Å². The highest BCUT2D eigenvalue weighted by Gasteiger charge is 2.22. The largest absolute Gasteiger partial charge is 0.387 e. The normalized spacial score (nSPS) is 15.6. The number of benzene rings is 1. The monoisotopic (exact) mass is 435 g/mol. The summed E-state index contributed by atoms with van der Waals surface area (Å²) >= 11 is 0. The van der Waals surface area contributed by atoms with Gasteiger partial charge in [-0.05, 0) is 47.8 Å². The van der Waals surface area contributed by atoms with E-state index in [1.807, 2.05) is 35.3 Å². The Balaban J connectivity index is 2.00. The standard InChI is InChI=1S/C23H29N7O2/c1-3-7-30(8-4-2)23(31)19-10-18-6-5-17(11-21(18)27-22(12-19)28-29-24)20-9-16(14-26-32)13-25-15-20/h5-6,9-11,13,25H,3-4,7-8,12,14-15H2,1-2H3,(H2,24,27,28). The highest BCUT2D eigenvalue weighted by Crippen LogP contribution is 2.32. The Hall–Kier alpha value is -3.62. The Morgan fingerprint density at radius 2 is 2.00 bits per heavy atom. The fraction of sp³-hybridized carbons (Fsp3) is 0.391. The summed E-state index contributed by atoms with van der Waals surface area (Å²) < 4.78 is 0. The van der Waals surface area contributed by atoms with Gasteiger partial charge >= 0.3 is 0 Å². The van der Waals surface area contributed by atoms with Gasteiger partial charge in [-0.1, -0.05) is 36.4 Å². The summed E-state index contributed by atoms with van der Waals surface area (Å²) in [5.41, 5.74) is 4.94. The number of nitrogens with two attached hydrogens (primary N) is 1. The van der Waals surface area contributed by atoms with Crippen LogP contribution in [-0.4, -0.2) is 42.8 Å². The van der Waals surface area contributed by atoms with E-state index < -0.39 is 0 Å². The van der Waals surface area contributed by atoms with Crippen molar-refractivity contribution in [2.24, 2.45) is 26.3 Å². The number of carbonyl (C=O) groups is 1. The van der Waals surface area contributed by atoms with E-state index in [0.29, 0.717) is 36.7 Å². The molecule has 3 rings (SSSR count). The van der Waals surface area contributed by atoms with Gasteiger partial charge in [-0.3, -0.25) is 4.79 Å². The third-order valence-corrected chi connectivity index (χ3v) is 5.24. The molecule has 9 heteroatoms. The first-order chi connectivity index (χ1) is 15.6. The van der Waals surface area contributed by atoms with Gasteiger partial charge in [-0.15, -0.1) is 5.11 Å². The first-order valence-corrected chi connectivity index (χ1v) is 10.8. The average molecular weight is 436 g/mol. The minimum Gasteiger partial charge on any atom is -0.387 e. The van der Waals surface area contributed by atoms with Crippen molar-refractivity contribution in [3.05, 3.63) is 57.7 Å². The maximum atomic E-state index is 13.2. The molecular weight excluding hydrogens is 406 g/mol. The van der Waals surface area contributed by atoms with Crippen molar-refractivity contribution in [1.29, 1.82) is 0 Å². The summed E-state index contributed by atoms with van der Waals surface area (Å²) in [4.78, 5) is 30.4. The minimum absolute atomic E-state index is 0.0131. The number of nitrogens with zero attached hydrogens (tertiary/aromatic N) is 5. The molecule has 2 heterocycles. The fourth-order valence-electron chi connectivity index (χ4n) is 3.83. The predicted octanol–water partition coefficient (Wildman–Crippen LogP) is 4.12. The van der Waals surface area contributed by atoms with E-state index >= 15 is 0 Å². The highest BCUT2D eigenvalue weighted by atomic mass is 16.3. The second kappa shape index (κ2) is 11.1. The van der Waals surface area contributed by atoms with Gasteiger partial charge in [0.05, 0.1) is 5.69 Å². The lowest BCUT2D eigenvalue weighted by Gasteiger charge is -2.22. The van der Waals surface area contributed by atoms with Crippen molar-refractivity contribution < 1.29 is 4.79 Å². The van der Waals surface area contributed by atoms with E-state index in [4.69, 9.17) is 5.84 Å². The topological polar surface area (TPSA) is 125 Å². The van der Waals surface area contributed by atoms with Gasteiger partial charge < -0.3 is 16.1 Å². The number of dihydropyridines is 1. The molecule has 2 aliphatic rings. The van der Waals surface area contributed by atoms with Crippen LogP contribution in [0, 0.1) is 4.91 Å². The summed E-state index contributed by atoms with van der Waals surface area (Å²) in [5, 5.41) is 13.5. The fourth-order valence-corrected chi connectivity index (χ4v) is 3.83. The molecule has 0 aromatic heterocycles. The minimum atomic E-state index is -0.0131. The Labute approximate surface area is 187 Å². The maximum absolute atomic E-state index is 13.2. The van der Waals surface area contributed by atoms with Crippen LogP contribution in [0.15, 0.2) is 62.1 Å². The molecule has 3 N–H and O–H groups in total. The average Bonchev–Trinajstić information content (AvgIpc) is 2.97. The number of rotatable bonds is 8. The van der Waals surface area contributed by atoms with E-state index in [1.165, 1.54) is 0 Å². The van der Waals surface area contributed by atoms with Crippen LogP contribution in [0.4, 0.5) is 5.69 Å². The molecule has 0 radical (unpaired) electrons. The molecule has 2 aliphatic heterocycles. The van der Waals surface area contributed by atoms with Gasteiger partial charge in [0.1, 0.15) is 6.54 Å². The zero-order valence-electron chi connectivity index (χ0n) is 18.5. The van der Waals surface area contributed by atoms with E-state index in [9.17, 15) is 9.70 Å². The Morgan fingerprint density at radius 1 is 1.22 bits per heavy atom. The molecule has 168 valence electrons. The number of amidine groups is 1. The number of nitrogens with one attached hydrogen (secondary N) is 1. The zero-order valence-corrected chi connectivity index (χ0v) is 18.5. The third kappa shape index (κ3) is 5.54. The molecule has 0 bridgehead atoms. The Kier molecular flexibility index (Phi) is 8.02. The smallest absolute Gasteiger partial charge is 0.250 e. The van der Waals surface area contributed by atoms with Crippen molar-refractivity contribution in [3.8, 4) is 0 Å². The molecule has 0 saturated carbocycles. The molecule has 0 fully saturated rings. The summed E-state index contributed by atoms with van der Waals surface area (Å²) in [6.07, 6.45) is 7.68. The SMILES string of the molecule is CCCN(CCC)C(=O)C1=Cc2ccc(C3=CC(CN=O)=CNC3)cc2N=C(N=NN)C1. The number of hydrogen-bond acceptors (Lipinski definition) is 7. The molecule has 0 saturated heterocycles. The van der Waals surface area contributed by atoms with Crippen LogP contribution in [0.5, 0.6) is 0 Å². The number of carbonyl (C=O) groups excluding carboxylic acids is 1. The maximum Gasteiger partial charge on any atom is 0.250 e. The van der Waals surface area contributed by atoms with Crippen LogP contribution >= 0.6 is 0 Å². The predicted molar refractivity (Wildman–Crippen MR) is 127 cm³/mol. The van der Waals surface area contributed by atoms with E-state index in [2.05, 4.69) is 39.7 Å². The van der Waals surface area contributed by atoms with Crippen molar-refractivity contribution >= 4 is 29.1 Å². The molecule has 9 nitrogen and oxygen atoms in total. The molecule has 1 amide bonds. The van der Waals surface area contributed by atoms with E-state index in [-0.39, 0.29) is 18.9 Å². The molecular formula is C23H29N7O2. The number of fused-ring (bicyclic) bond motifs is 1. The van der Waals surface area contributed by atoms with Crippen LogP contribution in [0.3, 0.4) is 0 Å². The molecule has 0 atom stereocenters. The first kappa shape index (κ1) is 23.1. The quantitative estimate of drug-likeness (QED) is 0.276. The Morgan fingerprint density at radius 3 is 2.69 bits per heavy atom. The van der Waals surface area contributed by atoms with Crippen molar-refractivity contribution in [1.82, 2.24) is 10.2 Å². The molecule has 32 heavy (non-hydrogen) atoms. The van der Waals surface area contributed by atoms with Crippen molar-refractivity contribution in [3.63, 3.8) is 0 Å². The van der Waals surface area contributed by atoms with Gasteiger partial charge in [0, 0.05) is 43.4 Å². The summed E-state index contributed by atoms with van der Waals surface area (Å²) in [7, 11) is 0. The second-order valence-electron chi connectivity index (χ2n) is 7.71. The number of hydrogen-bond donors (Lipinski definition) is 2. The highest BCUT2D eigenvalue weighted by molar-refractivity contribution is 6.06. The summed E-state index contributed by atoms with van der Waals surface area (Å²) in [6, 6.07) is 5.89. The first-order valence-electron chi connectivity index (χ1n) is 10.8. The second-order valence-corrected chi connectivity index (χ2v) is 7.71. The van der Waals surface area contributed by atoms with Gasteiger partial charge in [0.15, 0.2) is 5.84 Å². The molecule has 0 unspecified atom stereocenters. The van der Waals surface area contributed by atoms with E-state index in [0.717, 1.165) is 35.1 Å². The van der Waals surface area contributed by atoms with E-state index in [1.54, 1.807) is 6.20 Å². The third-order valence-electron chi connectivity index (χ3n) is 5.24. The summed E-state index contributed by atoms with van der Waals surface area (Å²) in [5.74, 6) is 5.68. The molecule has 0 aliphatic carbocycles. The van der Waals surface area contributed by atoms with Crippen molar-refractivity contribution in [2.75, 3.05) is 26.2 Å². The molecule has 1 aromatic rings. The summed E-state index contributed by atoms with van der Waals surface area (Å²) in [6.45, 7) is 6.26. The molecule has 1 aromatic carbocycles. The van der Waals surface area contributed by atoms with Gasteiger partial charge in [-0.25, -0.2) is 4.99 Å². The van der Waals surface area contributed by atoms with Gasteiger partial charge in [-0.2, -0.15) is 4.91 Å². The number of nitroso groups, excluding NO2 is 1. The number of amides is 1. The van der Waals surface area contributed by atoms with Crippen LogP contribution in [-0.2, 0) is 4.79 Å². The lowest BCUT2D eigenvalue weighted by Crippen LogP contribution is -2.34. The van der Waals surface area contributed by atoms with Crippen LogP contribution < -0.4 is 11.2 Å². The zero-order chi connectivity index (χ0) is 22.9. The van der Waals surface area contributed by atoms with Crippen LogP contribution in [0.25, 0.3) is 11.6 Å². The van der Waals surface area contributed by atoms with Gasteiger partial charge in [0.2, 0.25) is 5.91 Å². The Bertz CT molecular complexity index is 1020. The van der Waals surface area contributed by atoms with Crippen LogP contribution in [0.1, 0.15) is 44.2 Å². The lowest BCUT2D eigenvalue weighted by atomic mass is 9.98. The van der Waals surface area contributed by atoms with Crippen molar-refractivity contribution in [2.45, 2.75) is 33.1 Å².